The van der Waals surface area contributed by atoms with Gasteiger partial charge >= 0.3 is 72.5 Å². The van der Waals surface area contributed by atoms with Crippen molar-refractivity contribution in [3.63, 3.8) is 0 Å². The third-order valence-electron chi connectivity index (χ3n) is 0. The van der Waals surface area contributed by atoms with Crippen LogP contribution in [-0.2, 0) is 0 Å². The Labute approximate surface area is 70.8 Å². The summed E-state index contributed by atoms with van der Waals surface area (Å²) in [7, 11) is 0. The fourth-order valence-corrected chi connectivity index (χ4v) is 0. The van der Waals surface area contributed by atoms with Gasteiger partial charge in [-0.25, -0.2) is 0 Å². The van der Waals surface area contributed by atoms with Gasteiger partial charge in [-0.3, -0.25) is 0 Å². The zero-order valence-corrected chi connectivity index (χ0v) is 14.9. The quantitative estimate of drug-likeness (QED) is 0.284. The Kier molecular flexibility index (Phi) is 23.7. The average Bonchev–Trinajstić information content (AvgIpc) is 0.918. The van der Waals surface area contributed by atoms with Crippen LogP contribution in [0, 0.1) is 0 Å². The minimum atomic E-state index is 0. The number of hydrogen-bond donors (Lipinski definition) is 0. The molecule has 28 valence electrons. The van der Waals surface area contributed by atoms with Crippen LogP contribution in [0.25, 0.3) is 0 Å². The first-order chi connectivity index (χ1) is 1.41. The topological polar surface area (TPSA) is 0 Å². The van der Waals surface area contributed by atoms with Crippen LogP contribution in [0.15, 0.2) is 0 Å². The predicted octanol–water partition coefficient (Wildman–Crippen LogP) is -3.13. The van der Waals surface area contributed by atoms with Gasteiger partial charge in [0, 0.05) is 0 Å². The Morgan fingerprint density at radius 2 is 1.75 bits per heavy atom. The van der Waals surface area contributed by atoms with Crippen molar-refractivity contribution in [2.45, 2.75) is 0 Å². The van der Waals surface area contributed by atoms with E-state index in [0.717, 1.165) is 0 Å². The normalized spacial score (nSPS) is 4.50. The van der Waals surface area contributed by atoms with Crippen molar-refractivity contribution in [2.24, 2.45) is 0 Å². The molecule has 0 aliphatic rings. The SMILES string of the molecule is [BiH3].[SeH][SbH][TeH]. The van der Waals surface area contributed by atoms with Crippen molar-refractivity contribution in [3.8, 4) is 0 Å². The van der Waals surface area contributed by atoms with Gasteiger partial charge in [0.2, 0.25) is 0 Å². The summed E-state index contributed by atoms with van der Waals surface area (Å²) in [6, 6.07) is 0. The summed E-state index contributed by atoms with van der Waals surface area (Å²) >= 11 is 4.87. The molecule has 0 aliphatic heterocycles. The van der Waals surface area contributed by atoms with Crippen LogP contribution >= 0.6 is 0 Å². The van der Waals surface area contributed by atoms with Gasteiger partial charge in [0.1, 0.15) is 0 Å². The van der Waals surface area contributed by atoms with Crippen LogP contribution in [0.1, 0.15) is 0 Å². The first kappa shape index (κ1) is 10.1. The molecule has 0 saturated heterocycles. The predicted molar refractivity (Wildman–Crippen MR) is 31.4 cm³/mol. The van der Waals surface area contributed by atoms with Gasteiger partial charge in [0.25, 0.3) is 0 Å². The fourth-order valence-electron chi connectivity index (χ4n) is 0. The van der Waals surface area contributed by atoms with Crippen LogP contribution in [-0.4, -0.2) is 72.5 Å². The first-order valence-corrected chi connectivity index (χ1v) is 17.9. The van der Waals surface area contributed by atoms with E-state index < -0.39 is 0 Å². The molecule has 0 N–H and O–H groups in total. The summed E-state index contributed by atoms with van der Waals surface area (Å²) < 4.78 is 0. The van der Waals surface area contributed by atoms with Crippen LogP contribution in [0.5, 0.6) is 0 Å². The van der Waals surface area contributed by atoms with Crippen molar-refractivity contribution in [1.82, 2.24) is 0 Å². The molecular weight excluding hydrogens is 537 g/mol. The van der Waals surface area contributed by atoms with E-state index in [2.05, 4.69) is 12.7 Å². The van der Waals surface area contributed by atoms with E-state index in [0.29, 0.717) is 0 Å². The molecule has 4 heteroatoms. The summed E-state index contributed by atoms with van der Waals surface area (Å²) in [5.74, 6) is 0. The summed E-state index contributed by atoms with van der Waals surface area (Å²) in [6.45, 7) is 0. The molecule has 0 unspecified atom stereocenters. The molecule has 4 heavy (non-hydrogen) atoms. The Balaban J connectivity index is 0. The average molecular weight is 543 g/mol. The first-order valence-electron chi connectivity index (χ1n) is 0.447. The summed E-state index contributed by atoms with van der Waals surface area (Å²) in [4.78, 5) is 0. The maximum absolute atomic E-state index is 2.66. The van der Waals surface area contributed by atoms with Crippen molar-refractivity contribution >= 4 is 72.5 Å². The number of rotatable bonds is 0. The van der Waals surface area contributed by atoms with E-state index in [1.54, 1.807) is 0 Å². The Bertz CT molecular complexity index is 8.00. The van der Waals surface area contributed by atoms with Gasteiger partial charge in [0.15, 0.2) is 0 Å². The third-order valence-corrected chi connectivity index (χ3v) is 0. The molecule has 0 amide bonds. The molecule has 0 atom stereocenters. The van der Waals surface area contributed by atoms with Gasteiger partial charge in [-0.05, 0) is 0 Å². The summed E-state index contributed by atoms with van der Waals surface area (Å²) in [5.41, 5.74) is 0. The van der Waals surface area contributed by atoms with Crippen LogP contribution < -0.4 is 0 Å². The number of hydrogen-bond acceptors (Lipinski definition) is 0. The van der Waals surface area contributed by atoms with Crippen LogP contribution in [0.3, 0.4) is 0 Å². The van der Waals surface area contributed by atoms with Gasteiger partial charge < -0.3 is 0 Å². The molecule has 0 aromatic carbocycles. The Morgan fingerprint density at radius 3 is 1.75 bits per heavy atom. The molecule has 0 nitrogen and oxygen atoms in total. The zero-order valence-electron chi connectivity index (χ0n) is 2.10. The second-order valence-electron chi connectivity index (χ2n) is 0.100. The molecule has 0 heterocycles. The van der Waals surface area contributed by atoms with Crippen LogP contribution in [0.2, 0.25) is 0 Å². The van der Waals surface area contributed by atoms with E-state index in [-0.39, 0.29) is 41.6 Å². The zero-order chi connectivity index (χ0) is 2.71. The molecule has 0 aromatic heterocycles. The summed E-state index contributed by atoms with van der Waals surface area (Å²) in [5, 5.41) is 0. The maximum atomic E-state index is 2.66. The molecule has 0 saturated carbocycles. The molecule has 0 rings (SSSR count). The second-order valence-corrected chi connectivity index (χ2v) is 23.4. The van der Waals surface area contributed by atoms with Gasteiger partial charge in [-0.2, -0.15) is 0 Å². The van der Waals surface area contributed by atoms with Crippen molar-refractivity contribution in [3.05, 3.63) is 0 Å². The summed E-state index contributed by atoms with van der Waals surface area (Å²) in [6.07, 6.45) is 0. The van der Waals surface area contributed by atoms with Crippen molar-refractivity contribution in [2.75, 3.05) is 0 Å². The standard InChI is InChI=1S/Bi.Sb.H2Se.H2Te.4H/h;;2*1H2;;;;/q;+2;;;;;;/p-2. The van der Waals surface area contributed by atoms with Gasteiger partial charge in [-0.1, -0.05) is 0 Å². The van der Waals surface area contributed by atoms with E-state index in [1.165, 1.54) is 0 Å². The minimum absolute atomic E-state index is 0. The van der Waals surface area contributed by atoms with E-state index >= 15 is 0 Å². The molecule has 0 spiro atoms. The fraction of sp³-hybridized carbons (Fsp3) is 0. The monoisotopic (exact) mass is 546 g/mol. The van der Waals surface area contributed by atoms with Gasteiger partial charge in [0.05, 0.1) is 0 Å². The molecule has 0 aliphatic carbocycles. The van der Waals surface area contributed by atoms with Crippen molar-refractivity contribution in [1.29, 1.82) is 0 Å². The third kappa shape index (κ3) is 8.89. The molecule has 0 bridgehead atoms. The van der Waals surface area contributed by atoms with Crippen LogP contribution in [0.4, 0.5) is 0 Å². The Morgan fingerprint density at radius 1 is 1.75 bits per heavy atom. The van der Waals surface area contributed by atoms with E-state index in [9.17, 15) is 0 Å². The molecule has 0 aromatic rings. The van der Waals surface area contributed by atoms with Gasteiger partial charge in [-0.15, -0.1) is 0 Å². The van der Waals surface area contributed by atoms with Crippen molar-refractivity contribution < 1.29 is 0 Å². The van der Waals surface area contributed by atoms with E-state index in [4.69, 9.17) is 0 Å². The Hall–Kier alpha value is 3.01. The second kappa shape index (κ2) is 9.38. The molecular formula is H6BiSbSeTe. The van der Waals surface area contributed by atoms with E-state index in [1.807, 2.05) is 18.2 Å². The molecule has 0 radical (unpaired) electrons. The molecule has 0 fully saturated rings.